The maximum Gasteiger partial charge on any atom is 0.343 e. The fourth-order valence-electron chi connectivity index (χ4n) is 1.63. The van der Waals surface area contributed by atoms with Crippen LogP contribution in [0.2, 0.25) is 0 Å². The van der Waals surface area contributed by atoms with Gasteiger partial charge in [0.2, 0.25) is 0 Å². The topological polar surface area (TPSA) is 48.4 Å². The molecule has 0 bridgehead atoms. The first-order valence-electron chi connectivity index (χ1n) is 5.48. The van der Waals surface area contributed by atoms with Gasteiger partial charge in [0, 0.05) is 18.0 Å². The Hall–Kier alpha value is -2.36. The van der Waals surface area contributed by atoms with E-state index in [1.807, 2.05) is 6.92 Å². The molecule has 0 aliphatic rings. The molecule has 0 saturated heterocycles. The summed E-state index contributed by atoms with van der Waals surface area (Å²) in [5, 5.41) is 0. The predicted octanol–water partition coefficient (Wildman–Crippen LogP) is 2.62. The van der Waals surface area contributed by atoms with Crippen LogP contribution >= 0.6 is 0 Å². The highest BCUT2D eigenvalue weighted by Crippen LogP contribution is 2.22. The molecule has 1 heterocycles. The minimum Gasteiger partial charge on any atom is -0.496 e. The minimum absolute atomic E-state index is 0.405. The second-order valence-corrected chi connectivity index (χ2v) is 3.71. The molecule has 0 N–H and O–H groups in total. The summed E-state index contributed by atoms with van der Waals surface area (Å²) in [7, 11) is 1.57. The van der Waals surface area contributed by atoms with Crippen molar-refractivity contribution in [1.82, 2.24) is 4.98 Å². The molecular formula is C14H13NO3. The summed E-state index contributed by atoms with van der Waals surface area (Å²) in [5.41, 5.74) is 1.25. The van der Waals surface area contributed by atoms with E-state index in [0.717, 1.165) is 5.56 Å². The van der Waals surface area contributed by atoms with Crippen LogP contribution in [-0.2, 0) is 0 Å². The zero-order chi connectivity index (χ0) is 13.0. The van der Waals surface area contributed by atoms with E-state index in [1.165, 1.54) is 0 Å². The van der Waals surface area contributed by atoms with Crippen molar-refractivity contribution in [3.05, 3.63) is 53.9 Å². The average molecular weight is 243 g/mol. The van der Waals surface area contributed by atoms with Gasteiger partial charge < -0.3 is 9.47 Å². The minimum atomic E-state index is -0.405. The number of carbonyl (C=O) groups is 1. The van der Waals surface area contributed by atoms with Gasteiger partial charge in [-0.15, -0.1) is 0 Å². The second-order valence-electron chi connectivity index (χ2n) is 3.71. The molecule has 0 aliphatic heterocycles. The normalized spacial score (nSPS) is 9.89. The fraction of sp³-hybridized carbons (Fsp3) is 0.143. The third-order valence-corrected chi connectivity index (χ3v) is 2.58. The van der Waals surface area contributed by atoms with E-state index in [2.05, 4.69) is 4.98 Å². The molecule has 0 amide bonds. The van der Waals surface area contributed by atoms with Crippen molar-refractivity contribution in [3.8, 4) is 11.5 Å². The fourth-order valence-corrected chi connectivity index (χ4v) is 1.63. The third-order valence-electron chi connectivity index (χ3n) is 2.58. The first-order valence-corrected chi connectivity index (χ1v) is 5.48. The van der Waals surface area contributed by atoms with E-state index in [0.29, 0.717) is 17.1 Å². The van der Waals surface area contributed by atoms with Crippen LogP contribution in [0.15, 0.2) is 42.7 Å². The molecule has 2 rings (SSSR count). The highest BCUT2D eigenvalue weighted by molar-refractivity contribution is 5.93. The number of pyridine rings is 1. The lowest BCUT2D eigenvalue weighted by Crippen LogP contribution is -2.10. The molecular weight excluding hydrogens is 230 g/mol. The van der Waals surface area contributed by atoms with Crippen molar-refractivity contribution in [3.63, 3.8) is 0 Å². The van der Waals surface area contributed by atoms with Crippen LogP contribution in [0.1, 0.15) is 15.9 Å². The van der Waals surface area contributed by atoms with E-state index < -0.39 is 5.97 Å². The number of carbonyl (C=O) groups excluding carboxylic acids is 1. The lowest BCUT2D eigenvalue weighted by atomic mass is 10.1. The van der Waals surface area contributed by atoms with E-state index >= 15 is 0 Å². The van der Waals surface area contributed by atoms with Crippen molar-refractivity contribution < 1.29 is 14.3 Å². The number of aromatic nitrogens is 1. The molecule has 92 valence electrons. The van der Waals surface area contributed by atoms with Gasteiger partial charge in [0.15, 0.2) is 0 Å². The quantitative estimate of drug-likeness (QED) is 0.777. The molecule has 4 nitrogen and oxygen atoms in total. The Labute approximate surface area is 105 Å². The first kappa shape index (κ1) is 12.1. The Bertz CT molecular complexity index is 552. The van der Waals surface area contributed by atoms with Crippen LogP contribution in [0, 0.1) is 6.92 Å². The van der Waals surface area contributed by atoms with E-state index in [1.54, 1.807) is 49.8 Å². The molecule has 1 aromatic carbocycles. The van der Waals surface area contributed by atoms with Gasteiger partial charge in [-0.1, -0.05) is 6.07 Å². The van der Waals surface area contributed by atoms with Crippen LogP contribution in [0.25, 0.3) is 0 Å². The Morgan fingerprint density at radius 2 is 1.89 bits per heavy atom. The maximum atomic E-state index is 12.0. The monoisotopic (exact) mass is 243 g/mol. The number of nitrogens with zero attached hydrogens (tertiary/aromatic N) is 1. The van der Waals surface area contributed by atoms with Crippen LogP contribution in [0.4, 0.5) is 0 Å². The van der Waals surface area contributed by atoms with Crippen molar-refractivity contribution in [2.75, 3.05) is 7.11 Å². The molecule has 4 heteroatoms. The molecule has 2 aromatic rings. The number of hydrogen-bond donors (Lipinski definition) is 0. The van der Waals surface area contributed by atoms with Crippen LogP contribution in [0.5, 0.6) is 11.5 Å². The zero-order valence-corrected chi connectivity index (χ0v) is 10.2. The standard InChI is InChI=1S/C14H13NO3/c1-10-12(4-3-5-13(10)17-2)14(16)18-11-6-8-15-9-7-11/h3-9H,1-2H3. The summed E-state index contributed by atoms with van der Waals surface area (Å²) in [6, 6.07) is 8.54. The van der Waals surface area contributed by atoms with E-state index in [9.17, 15) is 4.79 Å². The van der Waals surface area contributed by atoms with Crippen LogP contribution < -0.4 is 9.47 Å². The van der Waals surface area contributed by atoms with Gasteiger partial charge in [-0.2, -0.15) is 0 Å². The maximum absolute atomic E-state index is 12.0. The molecule has 0 aliphatic carbocycles. The largest absolute Gasteiger partial charge is 0.496 e. The summed E-state index contributed by atoms with van der Waals surface area (Å²) in [5.74, 6) is 0.731. The molecule has 0 spiro atoms. The summed E-state index contributed by atoms with van der Waals surface area (Å²) in [6.07, 6.45) is 3.14. The predicted molar refractivity (Wildman–Crippen MR) is 66.9 cm³/mol. The molecule has 0 atom stereocenters. The Kier molecular flexibility index (Phi) is 3.57. The van der Waals surface area contributed by atoms with Gasteiger partial charge in [-0.05, 0) is 31.2 Å². The zero-order valence-electron chi connectivity index (χ0n) is 10.2. The summed E-state index contributed by atoms with van der Waals surface area (Å²) in [4.78, 5) is 15.9. The Morgan fingerprint density at radius 1 is 1.17 bits per heavy atom. The lowest BCUT2D eigenvalue weighted by Gasteiger charge is -2.09. The summed E-state index contributed by atoms with van der Waals surface area (Å²) < 4.78 is 10.4. The average Bonchev–Trinajstić information content (AvgIpc) is 2.40. The summed E-state index contributed by atoms with van der Waals surface area (Å²) >= 11 is 0. The van der Waals surface area contributed by atoms with Gasteiger partial charge in [-0.25, -0.2) is 4.79 Å². The lowest BCUT2D eigenvalue weighted by molar-refractivity contribution is 0.0733. The van der Waals surface area contributed by atoms with Crippen molar-refractivity contribution in [2.24, 2.45) is 0 Å². The summed E-state index contributed by atoms with van der Waals surface area (Å²) in [6.45, 7) is 1.82. The highest BCUT2D eigenvalue weighted by atomic mass is 16.5. The van der Waals surface area contributed by atoms with Crippen LogP contribution in [-0.4, -0.2) is 18.1 Å². The molecule has 0 fully saturated rings. The van der Waals surface area contributed by atoms with E-state index in [-0.39, 0.29) is 0 Å². The smallest absolute Gasteiger partial charge is 0.343 e. The first-order chi connectivity index (χ1) is 8.72. The molecule has 18 heavy (non-hydrogen) atoms. The molecule has 0 unspecified atom stereocenters. The van der Waals surface area contributed by atoms with Crippen molar-refractivity contribution in [2.45, 2.75) is 6.92 Å². The highest BCUT2D eigenvalue weighted by Gasteiger charge is 2.14. The molecule has 1 aromatic heterocycles. The van der Waals surface area contributed by atoms with Gasteiger partial charge in [0.05, 0.1) is 12.7 Å². The van der Waals surface area contributed by atoms with Gasteiger partial charge in [0.1, 0.15) is 11.5 Å². The second kappa shape index (κ2) is 5.31. The Balaban J connectivity index is 2.24. The van der Waals surface area contributed by atoms with Gasteiger partial charge >= 0.3 is 5.97 Å². The number of benzene rings is 1. The van der Waals surface area contributed by atoms with E-state index in [4.69, 9.17) is 9.47 Å². The molecule has 0 radical (unpaired) electrons. The number of rotatable bonds is 3. The number of methoxy groups -OCH3 is 1. The van der Waals surface area contributed by atoms with Crippen molar-refractivity contribution >= 4 is 5.97 Å². The molecule has 0 saturated carbocycles. The van der Waals surface area contributed by atoms with Gasteiger partial charge in [-0.3, -0.25) is 4.98 Å². The van der Waals surface area contributed by atoms with Crippen LogP contribution in [0.3, 0.4) is 0 Å². The van der Waals surface area contributed by atoms with Gasteiger partial charge in [0.25, 0.3) is 0 Å². The third kappa shape index (κ3) is 2.48. The Morgan fingerprint density at radius 3 is 2.56 bits per heavy atom. The number of ether oxygens (including phenoxy) is 2. The SMILES string of the molecule is COc1cccc(C(=O)Oc2ccncc2)c1C. The number of esters is 1. The number of hydrogen-bond acceptors (Lipinski definition) is 4. The van der Waals surface area contributed by atoms with Crippen molar-refractivity contribution in [1.29, 1.82) is 0 Å².